The second-order valence-electron chi connectivity index (χ2n) is 4.48. The van der Waals surface area contributed by atoms with Gasteiger partial charge in [-0.3, -0.25) is 0 Å². The second-order valence-corrected chi connectivity index (χ2v) is 4.48. The van der Waals surface area contributed by atoms with Crippen molar-refractivity contribution in [1.29, 1.82) is 0 Å². The number of benzene rings is 1. The van der Waals surface area contributed by atoms with Crippen LogP contribution in [0.25, 0.3) is 0 Å². The van der Waals surface area contributed by atoms with Crippen LogP contribution >= 0.6 is 0 Å². The standard InChI is InChI=1S/C13H19F2N/c1-10(2)11(3)16-9-13(14,15)12-7-5-4-6-8-12/h4-8,10-11,16H,9H2,1-3H3. The van der Waals surface area contributed by atoms with Gasteiger partial charge < -0.3 is 5.32 Å². The fraction of sp³-hybridized carbons (Fsp3) is 0.538. The molecular formula is C13H19F2N. The number of nitrogens with one attached hydrogen (secondary N) is 1. The lowest BCUT2D eigenvalue weighted by Gasteiger charge is -2.22. The molecular weight excluding hydrogens is 208 g/mol. The molecule has 16 heavy (non-hydrogen) atoms. The minimum Gasteiger partial charge on any atom is -0.308 e. The van der Waals surface area contributed by atoms with Gasteiger partial charge in [0.05, 0.1) is 6.54 Å². The summed E-state index contributed by atoms with van der Waals surface area (Å²) < 4.78 is 27.4. The van der Waals surface area contributed by atoms with Crippen LogP contribution in [-0.2, 0) is 5.92 Å². The van der Waals surface area contributed by atoms with Gasteiger partial charge in [0.2, 0.25) is 0 Å². The van der Waals surface area contributed by atoms with Crippen LogP contribution in [0, 0.1) is 5.92 Å². The predicted octanol–water partition coefficient (Wildman–Crippen LogP) is 3.41. The van der Waals surface area contributed by atoms with Gasteiger partial charge in [-0.25, -0.2) is 0 Å². The van der Waals surface area contributed by atoms with Gasteiger partial charge in [0, 0.05) is 11.6 Å². The smallest absolute Gasteiger partial charge is 0.285 e. The quantitative estimate of drug-likeness (QED) is 0.812. The molecule has 3 heteroatoms. The van der Waals surface area contributed by atoms with E-state index in [9.17, 15) is 8.78 Å². The van der Waals surface area contributed by atoms with Crippen molar-refractivity contribution in [1.82, 2.24) is 5.32 Å². The Morgan fingerprint density at radius 2 is 1.69 bits per heavy atom. The Morgan fingerprint density at radius 1 is 1.12 bits per heavy atom. The summed E-state index contributed by atoms with van der Waals surface area (Å²) in [5.74, 6) is -2.45. The van der Waals surface area contributed by atoms with Crippen LogP contribution in [0.5, 0.6) is 0 Å². The second kappa shape index (κ2) is 5.39. The van der Waals surface area contributed by atoms with Gasteiger partial charge >= 0.3 is 0 Å². The maximum Gasteiger partial charge on any atom is 0.285 e. The van der Waals surface area contributed by atoms with Crippen LogP contribution in [0.15, 0.2) is 30.3 Å². The van der Waals surface area contributed by atoms with Crippen molar-refractivity contribution in [2.75, 3.05) is 6.54 Å². The molecule has 0 aromatic heterocycles. The number of alkyl halides is 2. The number of hydrogen-bond donors (Lipinski definition) is 1. The van der Waals surface area contributed by atoms with Crippen molar-refractivity contribution >= 4 is 0 Å². The highest BCUT2D eigenvalue weighted by Crippen LogP contribution is 2.26. The first-order chi connectivity index (χ1) is 7.43. The molecule has 1 unspecified atom stereocenters. The summed E-state index contributed by atoms with van der Waals surface area (Å²) in [6, 6.07) is 8.02. The first kappa shape index (κ1) is 13.1. The molecule has 0 aliphatic carbocycles. The van der Waals surface area contributed by atoms with E-state index >= 15 is 0 Å². The average molecular weight is 227 g/mol. The van der Waals surface area contributed by atoms with Crippen molar-refractivity contribution in [2.45, 2.75) is 32.7 Å². The van der Waals surface area contributed by atoms with E-state index in [1.807, 2.05) is 20.8 Å². The SMILES string of the molecule is CC(C)C(C)NCC(F)(F)c1ccccc1. The number of halogens is 2. The van der Waals surface area contributed by atoms with Gasteiger partial charge in [0.25, 0.3) is 5.92 Å². The molecule has 0 bridgehead atoms. The highest BCUT2D eigenvalue weighted by Gasteiger charge is 2.31. The Bertz CT molecular complexity index is 309. The van der Waals surface area contributed by atoms with Crippen LogP contribution in [-0.4, -0.2) is 12.6 Å². The third kappa shape index (κ3) is 3.56. The Kier molecular flexibility index (Phi) is 4.42. The zero-order valence-electron chi connectivity index (χ0n) is 10.0. The molecule has 1 nitrogen and oxygen atoms in total. The summed E-state index contributed by atoms with van der Waals surface area (Å²) in [7, 11) is 0. The van der Waals surface area contributed by atoms with Crippen LogP contribution in [0.3, 0.4) is 0 Å². The van der Waals surface area contributed by atoms with Crippen molar-refractivity contribution in [3.05, 3.63) is 35.9 Å². The molecule has 1 aromatic rings. The fourth-order valence-corrected chi connectivity index (χ4v) is 1.31. The van der Waals surface area contributed by atoms with Gasteiger partial charge in [-0.2, -0.15) is 8.78 Å². The molecule has 0 spiro atoms. The molecule has 0 saturated heterocycles. The van der Waals surface area contributed by atoms with E-state index in [2.05, 4.69) is 5.32 Å². The molecule has 0 radical (unpaired) electrons. The molecule has 90 valence electrons. The molecule has 0 heterocycles. The average Bonchev–Trinajstić information content (AvgIpc) is 2.27. The molecule has 0 fully saturated rings. The zero-order valence-corrected chi connectivity index (χ0v) is 10.0. The Labute approximate surface area is 95.9 Å². The monoisotopic (exact) mass is 227 g/mol. The van der Waals surface area contributed by atoms with Crippen LogP contribution in [0.4, 0.5) is 8.78 Å². The molecule has 0 amide bonds. The van der Waals surface area contributed by atoms with Crippen molar-refractivity contribution in [2.24, 2.45) is 5.92 Å². The van der Waals surface area contributed by atoms with Crippen LogP contribution in [0.2, 0.25) is 0 Å². The molecule has 1 atom stereocenters. The molecule has 0 aliphatic heterocycles. The number of hydrogen-bond acceptors (Lipinski definition) is 1. The van der Waals surface area contributed by atoms with Crippen LogP contribution < -0.4 is 5.32 Å². The summed E-state index contributed by atoms with van der Waals surface area (Å²) in [5, 5.41) is 2.87. The molecule has 0 saturated carbocycles. The Hall–Kier alpha value is -0.960. The molecule has 1 aromatic carbocycles. The largest absolute Gasteiger partial charge is 0.308 e. The lowest BCUT2D eigenvalue weighted by atomic mass is 10.0. The van der Waals surface area contributed by atoms with E-state index < -0.39 is 5.92 Å². The lowest BCUT2D eigenvalue weighted by molar-refractivity contribution is -0.00645. The van der Waals surface area contributed by atoms with E-state index in [1.54, 1.807) is 18.2 Å². The first-order valence-corrected chi connectivity index (χ1v) is 5.60. The summed E-state index contributed by atoms with van der Waals surface area (Å²) in [6.45, 7) is 5.64. The van der Waals surface area contributed by atoms with Gasteiger partial charge in [-0.15, -0.1) is 0 Å². The molecule has 1 rings (SSSR count). The Balaban J connectivity index is 2.59. The summed E-state index contributed by atoms with van der Waals surface area (Å²) >= 11 is 0. The van der Waals surface area contributed by atoms with Gasteiger partial charge in [0.15, 0.2) is 0 Å². The van der Waals surface area contributed by atoms with Gasteiger partial charge in [-0.1, -0.05) is 44.2 Å². The minimum absolute atomic E-state index is 0.0680. The van der Waals surface area contributed by atoms with E-state index in [4.69, 9.17) is 0 Å². The predicted molar refractivity (Wildman–Crippen MR) is 62.6 cm³/mol. The van der Waals surface area contributed by atoms with E-state index in [1.165, 1.54) is 12.1 Å². The maximum absolute atomic E-state index is 13.7. The molecule has 0 aliphatic rings. The van der Waals surface area contributed by atoms with E-state index in [0.29, 0.717) is 5.92 Å². The molecule has 1 N–H and O–H groups in total. The number of rotatable bonds is 5. The van der Waals surface area contributed by atoms with E-state index in [-0.39, 0.29) is 18.2 Å². The van der Waals surface area contributed by atoms with Crippen LogP contribution in [0.1, 0.15) is 26.3 Å². The Morgan fingerprint density at radius 3 is 2.19 bits per heavy atom. The summed E-state index contributed by atoms with van der Waals surface area (Å²) in [4.78, 5) is 0. The maximum atomic E-state index is 13.7. The minimum atomic E-state index is -2.80. The third-order valence-corrected chi connectivity index (χ3v) is 2.84. The summed E-state index contributed by atoms with van der Waals surface area (Å²) in [6.07, 6.45) is 0. The normalized spacial score (nSPS) is 14.1. The zero-order chi connectivity index (χ0) is 12.2. The highest BCUT2D eigenvalue weighted by molar-refractivity contribution is 5.20. The lowest BCUT2D eigenvalue weighted by Crippen LogP contribution is -2.38. The van der Waals surface area contributed by atoms with E-state index in [0.717, 1.165) is 0 Å². The van der Waals surface area contributed by atoms with Crippen molar-refractivity contribution < 1.29 is 8.78 Å². The van der Waals surface area contributed by atoms with Crippen molar-refractivity contribution in [3.63, 3.8) is 0 Å². The van der Waals surface area contributed by atoms with Gasteiger partial charge in [0.1, 0.15) is 0 Å². The third-order valence-electron chi connectivity index (χ3n) is 2.84. The van der Waals surface area contributed by atoms with Crippen molar-refractivity contribution in [3.8, 4) is 0 Å². The highest BCUT2D eigenvalue weighted by atomic mass is 19.3. The summed E-state index contributed by atoms with van der Waals surface area (Å²) in [5.41, 5.74) is 0.0680. The van der Waals surface area contributed by atoms with Gasteiger partial charge in [-0.05, 0) is 12.8 Å². The fourth-order valence-electron chi connectivity index (χ4n) is 1.31. The topological polar surface area (TPSA) is 12.0 Å². The first-order valence-electron chi connectivity index (χ1n) is 5.60.